The van der Waals surface area contributed by atoms with Crippen LogP contribution in [0.15, 0.2) is 53.0 Å². The summed E-state index contributed by atoms with van der Waals surface area (Å²) in [5.74, 6) is -0.0956. The van der Waals surface area contributed by atoms with E-state index in [9.17, 15) is 4.79 Å². The first-order valence-electron chi connectivity index (χ1n) is 6.42. The van der Waals surface area contributed by atoms with Crippen molar-refractivity contribution in [1.29, 1.82) is 5.26 Å². The van der Waals surface area contributed by atoms with E-state index in [-0.39, 0.29) is 12.5 Å². The second-order valence-corrected chi connectivity index (χ2v) is 5.39. The molecule has 1 amide bonds. The molecule has 0 unspecified atom stereocenters. The molecule has 0 aliphatic rings. The lowest BCUT2D eigenvalue weighted by atomic mass is 10.1. The predicted octanol–water partition coefficient (Wildman–Crippen LogP) is 3.05. The number of halogens is 1. The maximum absolute atomic E-state index is 11.8. The molecule has 0 aliphatic carbocycles. The van der Waals surface area contributed by atoms with Gasteiger partial charge in [-0.2, -0.15) is 5.26 Å². The first-order chi connectivity index (χ1) is 10.2. The number of anilines is 1. The predicted molar refractivity (Wildman–Crippen MR) is 85.6 cm³/mol. The van der Waals surface area contributed by atoms with E-state index in [4.69, 9.17) is 5.26 Å². The van der Waals surface area contributed by atoms with Crippen molar-refractivity contribution in [3.63, 3.8) is 0 Å². The van der Waals surface area contributed by atoms with E-state index < -0.39 is 0 Å². The van der Waals surface area contributed by atoms with Crippen LogP contribution in [-0.4, -0.2) is 12.5 Å². The van der Waals surface area contributed by atoms with E-state index in [1.807, 2.05) is 36.4 Å². The number of nitrogens with one attached hydrogen (secondary N) is 2. The number of benzene rings is 2. The summed E-state index contributed by atoms with van der Waals surface area (Å²) in [6.07, 6.45) is 0. The Labute approximate surface area is 131 Å². The van der Waals surface area contributed by atoms with Crippen molar-refractivity contribution in [3.05, 3.63) is 64.1 Å². The molecule has 0 fully saturated rings. The summed E-state index contributed by atoms with van der Waals surface area (Å²) in [6.45, 7) is 0.810. The molecule has 2 N–H and O–H groups in total. The van der Waals surface area contributed by atoms with Gasteiger partial charge in [-0.3, -0.25) is 4.79 Å². The van der Waals surface area contributed by atoms with E-state index in [2.05, 4.69) is 32.6 Å². The Morgan fingerprint density at radius 2 is 1.95 bits per heavy atom. The van der Waals surface area contributed by atoms with Crippen molar-refractivity contribution in [2.24, 2.45) is 0 Å². The van der Waals surface area contributed by atoms with Gasteiger partial charge in [0.15, 0.2) is 0 Å². The number of hydrogen-bond donors (Lipinski definition) is 2. The minimum absolute atomic E-state index is 0.0956. The van der Waals surface area contributed by atoms with Gasteiger partial charge in [0.1, 0.15) is 0 Å². The number of amides is 1. The molecule has 0 radical (unpaired) electrons. The van der Waals surface area contributed by atoms with Gasteiger partial charge in [0.25, 0.3) is 0 Å². The van der Waals surface area contributed by atoms with Crippen molar-refractivity contribution in [2.75, 3.05) is 11.9 Å². The Bertz CT molecular complexity index is 662. The number of carbonyl (C=O) groups excluding carboxylic acids is 1. The second kappa shape index (κ2) is 7.58. The molecule has 0 heterocycles. The van der Waals surface area contributed by atoms with Gasteiger partial charge in [0, 0.05) is 16.7 Å². The third kappa shape index (κ3) is 5.03. The average Bonchev–Trinajstić information content (AvgIpc) is 2.48. The van der Waals surface area contributed by atoms with Crippen LogP contribution in [0.2, 0.25) is 0 Å². The molecule has 2 aromatic carbocycles. The van der Waals surface area contributed by atoms with Crippen LogP contribution in [0.25, 0.3) is 0 Å². The summed E-state index contributed by atoms with van der Waals surface area (Å²) in [5.41, 5.74) is 2.42. The quantitative estimate of drug-likeness (QED) is 0.876. The number of carbonyl (C=O) groups is 1. The van der Waals surface area contributed by atoms with E-state index in [1.165, 1.54) is 0 Å². The summed E-state index contributed by atoms with van der Waals surface area (Å²) >= 11 is 3.36. The summed E-state index contributed by atoms with van der Waals surface area (Å²) in [5, 5.41) is 14.6. The third-order valence-electron chi connectivity index (χ3n) is 2.81. The Kier molecular flexibility index (Phi) is 5.50. The van der Waals surface area contributed by atoms with Gasteiger partial charge in [-0.25, -0.2) is 0 Å². The fraction of sp³-hybridized carbons (Fsp3) is 0.125. The first kappa shape index (κ1) is 15.2. The molecule has 0 spiro atoms. The molecule has 21 heavy (non-hydrogen) atoms. The summed E-state index contributed by atoms with van der Waals surface area (Å²) in [4.78, 5) is 11.8. The highest BCUT2D eigenvalue weighted by Gasteiger charge is 2.02. The highest BCUT2D eigenvalue weighted by atomic mass is 79.9. The van der Waals surface area contributed by atoms with Crippen LogP contribution in [0.3, 0.4) is 0 Å². The van der Waals surface area contributed by atoms with Crippen LogP contribution in [0, 0.1) is 11.3 Å². The molecule has 2 aromatic rings. The molecule has 0 atom stereocenters. The monoisotopic (exact) mass is 343 g/mol. The zero-order chi connectivity index (χ0) is 15.1. The molecule has 5 heteroatoms. The molecule has 0 aliphatic heterocycles. The molecule has 0 bridgehead atoms. The lowest BCUT2D eigenvalue weighted by Crippen LogP contribution is -2.27. The van der Waals surface area contributed by atoms with E-state index in [0.717, 1.165) is 15.7 Å². The first-order valence-corrected chi connectivity index (χ1v) is 7.22. The van der Waals surface area contributed by atoms with Crippen molar-refractivity contribution >= 4 is 27.5 Å². The van der Waals surface area contributed by atoms with E-state index in [0.29, 0.717) is 12.1 Å². The lowest BCUT2D eigenvalue weighted by Gasteiger charge is -2.07. The zero-order valence-corrected chi connectivity index (χ0v) is 12.9. The van der Waals surface area contributed by atoms with Crippen LogP contribution in [0.5, 0.6) is 0 Å². The Hall–Kier alpha value is -2.16. The highest BCUT2D eigenvalue weighted by molar-refractivity contribution is 9.10. The topological polar surface area (TPSA) is 64.9 Å². The van der Waals surface area contributed by atoms with Gasteiger partial charge >= 0.3 is 0 Å². The molecular formula is C16H14BrN3O. The average molecular weight is 344 g/mol. The number of hydrogen-bond acceptors (Lipinski definition) is 3. The van der Waals surface area contributed by atoms with Crippen LogP contribution in [-0.2, 0) is 11.3 Å². The van der Waals surface area contributed by atoms with Crippen LogP contribution in [0.1, 0.15) is 11.1 Å². The van der Waals surface area contributed by atoms with Crippen LogP contribution >= 0.6 is 15.9 Å². The van der Waals surface area contributed by atoms with Crippen molar-refractivity contribution in [1.82, 2.24) is 5.32 Å². The minimum atomic E-state index is -0.0956. The van der Waals surface area contributed by atoms with Gasteiger partial charge in [0.05, 0.1) is 18.2 Å². The Morgan fingerprint density at radius 3 is 2.62 bits per heavy atom. The third-order valence-corrected chi connectivity index (χ3v) is 3.30. The van der Waals surface area contributed by atoms with Crippen LogP contribution < -0.4 is 10.6 Å². The molecule has 106 valence electrons. The Morgan fingerprint density at radius 1 is 1.19 bits per heavy atom. The summed E-state index contributed by atoms with van der Waals surface area (Å²) in [6, 6.07) is 16.8. The standard InChI is InChI=1S/C16H14BrN3O/c17-14-2-1-3-15(8-14)20-16(21)11-19-10-13-6-4-12(9-18)5-7-13/h1-8,19H,10-11H2,(H,20,21). The lowest BCUT2D eigenvalue weighted by molar-refractivity contribution is -0.115. The molecule has 0 saturated carbocycles. The minimum Gasteiger partial charge on any atom is -0.325 e. The van der Waals surface area contributed by atoms with Crippen molar-refractivity contribution in [2.45, 2.75) is 6.54 Å². The molecular weight excluding hydrogens is 330 g/mol. The van der Waals surface area contributed by atoms with Gasteiger partial charge in [0.2, 0.25) is 5.91 Å². The zero-order valence-electron chi connectivity index (χ0n) is 11.3. The smallest absolute Gasteiger partial charge is 0.238 e. The van der Waals surface area contributed by atoms with Gasteiger partial charge < -0.3 is 10.6 Å². The normalized spacial score (nSPS) is 9.90. The van der Waals surface area contributed by atoms with Gasteiger partial charge in [-0.05, 0) is 35.9 Å². The van der Waals surface area contributed by atoms with Gasteiger partial charge in [-0.15, -0.1) is 0 Å². The summed E-state index contributed by atoms with van der Waals surface area (Å²) in [7, 11) is 0. The second-order valence-electron chi connectivity index (χ2n) is 4.47. The summed E-state index contributed by atoms with van der Waals surface area (Å²) < 4.78 is 0.922. The molecule has 2 rings (SSSR count). The molecule has 0 saturated heterocycles. The maximum Gasteiger partial charge on any atom is 0.238 e. The number of rotatable bonds is 5. The van der Waals surface area contributed by atoms with E-state index >= 15 is 0 Å². The maximum atomic E-state index is 11.8. The number of nitrogens with zero attached hydrogens (tertiary/aromatic N) is 1. The van der Waals surface area contributed by atoms with Crippen molar-refractivity contribution < 1.29 is 4.79 Å². The Balaban J connectivity index is 1.77. The van der Waals surface area contributed by atoms with Crippen LogP contribution in [0.4, 0.5) is 5.69 Å². The number of nitriles is 1. The molecule has 4 nitrogen and oxygen atoms in total. The molecule has 0 aromatic heterocycles. The largest absolute Gasteiger partial charge is 0.325 e. The fourth-order valence-electron chi connectivity index (χ4n) is 1.79. The fourth-order valence-corrected chi connectivity index (χ4v) is 2.19. The SMILES string of the molecule is N#Cc1ccc(CNCC(=O)Nc2cccc(Br)c2)cc1. The van der Waals surface area contributed by atoms with Crippen molar-refractivity contribution in [3.8, 4) is 6.07 Å². The van der Waals surface area contributed by atoms with Gasteiger partial charge in [-0.1, -0.05) is 34.1 Å². The van der Waals surface area contributed by atoms with E-state index in [1.54, 1.807) is 12.1 Å². The highest BCUT2D eigenvalue weighted by Crippen LogP contribution is 2.15.